The first-order valence-electron chi connectivity index (χ1n) is 4.90. The van der Waals surface area contributed by atoms with E-state index in [4.69, 9.17) is 4.74 Å². The Morgan fingerprint density at radius 2 is 2.29 bits per heavy atom. The highest BCUT2D eigenvalue weighted by Crippen LogP contribution is 2.14. The summed E-state index contributed by atoms with van der Waals surface area (Å²) in [4.78, 5) is 17.6. The molecule has 1 heterocycles. The summed E-state index contributed by atoms with van der Waals surface area (Å²) >= 11 is 0. The number of aliphatic imine (C=N–C) groups is 1. The monoisotopic (exact) mass is 198 g/mol. The fraction of sp³-hybridized carbons (Fsp3) is 0.800. The van der Waals surface area contributed by atoms with Gasteiger partial charge < -0.3 is 9.64 Å². The van der Waals surface area contributed by atoms with Crippen molar-refractivity contribution in [3.05, 3.63) is 0 Å². The van der Waals surface area contributed by atoms with Crippen LogP contribution in [0.1, 0.15) is 20.3 Å². The standard InChI is InChI=1S/C10H18N2O2/c1-7(2)5-8-10(13)12(3)6-9(11-8)14-4/h7-8H,5-6H2,1-4H3. The molecule has 0 fully saturated rings. The lowest BCUT2D eigenvalue weighted by atomic mass is 10.0. The Balaban J connectivity index is 2.75. The minimum absolute atomic E-state index is 0.0968. The second kappa shape index (κ2) is 4.44. The van der Waals surface area contributed by atoms with Crippen molar-refractivity contribution in [3.63, 3.8) is 0 Å². The zero-order valence-electron chi connectivity index (χ0n) is 9.28. The molecule has 0 bridgehead atoms. The lowest BCUT2D eigenvalue weighted by molar-refractivity contribution is -0.131. The average Bonchev–Trinajstić information content (AvgIpc) is 2.11. The zero-order chi connectivity index (χ0) is 10.7. The van der Waals surface area contributed by atoms with E-state index in [1.807, 2.05) is 0 Å². The van der Waals surface area contributed by atoms with Crippen LogP contribution in [0.2, 0.25) is 0 Å². The number of carbonyl (C=O) groups is 1. The summed E-state index contributed by atoms with van der Waals surface area (Å²) in [5.74, 6) is 1.22. The molecule has 1 rings (SSSR count). The van der Waals surface area contributed by atoms with Gasteiger partial charge in [-0.25, -0.2) is 4.99 Å². The highest BCUT2D eigenvalue weighted by Gasteiger charge is 2.28. The molecule has 4 nitrogen and oxygen atoms in total. The van der Waals surface area contributed by atoms with Gasteiger partial charge in [-0.2, -0.15) is 0 Å². The molecule has 14 heavy (non-hydrogen) atoms. The number of carbonyl (C=O) groups excluding carboxylic acids is 1. The van der Waals surface area contributed by atoms with E-state index in [1.54, 1.807) is 19.1 Å². The van der Waals surface area contributed by atoms with Gasteiger partial charge in [0.2, 0.25) is 11.8 Å². The molecule has 0 N–H and O–H groups in total. The minimum Gasteiger partial charge on any atom is -0.483 e. The molecule has 0 saturated carbocycles. The average molecular weight is 198 g/mol. The molecule has 1 amide bonds. The van der Waals surface area contributed by atoms with Gasteiger partial charge in [0.25, 0.3) is 0 Å². The molecule has 0 radical (unpaired) electrons. The van der Waals surface area contributed by atoms with Crippen LogP contribution in [0.3, 0.4) is 0 Å². The van der Waals surface area contributed by atoms with Crippen LogP contribution in [-0.4, -0.2) is 43.4 Å². The van der Waals surface area contributed by atoms with Crippen molar-refractivity contribution >= 4 is 11.8 Å². The number of rotatable bonds is 2. The Bertz CT molecular complexity index is 249. The van der Waals surface area contributed by atoms with E-state index in [1.165, 1.54) is 0 Å². The van der Waals surface area contributed by atoms with Crippen LogP contribution in [0.5, 0.6) is 0 Å². The van der Waals surface area contributed by atoms with Crippen molar-refractivity contribution in [3.8, 4) is 0 Å². The molecule has 0 spiro atoms. The van der Waals surface area contributed by atoms with E-state index in [0.29, 0.717) is 18.4 Å². The second-order valence-corrected chi connectivity index (χ2v) is 4.07. The zero-order valence-corrected chi connectivity index (χ0v) is 9.28. The summed E-state index contributed by atoms with van der Waals surface area (Å²) in [6, 6.07) is -0.247. The SMILES string of the molecule is COC1=NC(CC(C)C)C(=O)N(C)C1. The summed E-state index contributed by atoms with van der Waals surface area (Å²) in [6.45, 7) is 4.66. The molecular weight excluding hydrogens is 180 g/mol. The second-order valence-electron chi connectivity index (χ2n) is 4.07. The van der Waals surface area contributed by atoms with Crippen LogP contribution < -0.4 is 0 Å². The molecular formula is C10H18N2O2. The number of nitrogens with zero attached hydrogens (tertiary/aromatic N) is 2. The maximum absolute atomic E-state index is 11.7. The number of methoxy groups -OCH3 is 1. The van der Waals surface area contributed by atoms with Crippen LogP contribution >= 0.6 is 0 Å². The molecule has 0 aliphatic carbocycles. The van der Waals surface area contributed by atoms with Gasteiger partial charge in [0.1, 0.15) is 6.04 Å². The van der Waals surface area contributed by atoms with Crippen molar-refractivity contribution in [2.75, 3.05) is 20.7 Å². The van der Waals surface area contributed by atoms with E-state index >= 15 is 0 Å². The van der Waals surface area contributed by atoms with Gasteiger partial charge in [0.05, 0.1) is 13.7 Å². The van der Waals surface area contributed by atoms with Gasteiger partial charge in [-0.15, -0.1) is 0 Å². The number of amides is 1. The number of ether oxygens (including phenoxy) is 1. The first-order valence-corrected chi connectivity index (χ1v) is 4.90. The Hall–Kier alpha value is -1.06. The maximum Gasteiger partial charge on any atom is 0.247 e. The van der Waals surface area contributed by atoms with Crippen molar-refractivity contribution < 1.29 is 9.53 Å². The van der Waals surface area contributed by atoms with Gasteiger partial charge in [0.15, 0.2) is 0 Å². The molecule has 1 unspecified atom stereocenters. The summed E-state index contributed by atoms with van der Waals surface area (Å²) < 4.78 is 5.08. The third-order valence-electron chi connectivity index (χ3n) is 2.26. The summed E-state index contributed by atoms with van der Waals surface area (Å²) in [6.07, 6.45) is 0.788. The molecule has 4 heteroatoms. The highest BCUT2D eigenvalue weighted by atomic mass is 16.5. The first-order chi connectivity index (χ1) is 6.54. The van der Waals surface area contributed by atoms with Crippen molar-refractivity contribution in [1.29, 1.82) is 0 Å². The van der Waals surface area contributed by atoms with E-state index in [2.05, 4.69) is 18.8 Å². The van der Waals surface area contributed by atoms with Crippen LogP contribution in [0.15, 0.2) is 4.99 Å². The van der Waals surface area contributed by atoms with Crippen LogP contribution in [-0.2, 0) is 9.53 Å². The van der Waals surface area contributed by atoms with Crippen LogP contribution in [0, 0.1) is 5.92 Å². The third kappa shape index (κ3) is 2.47. The van der Waals surface area contributed by atoms with Gasteiger partial charge in [-0.05, 0) is 12.3 Å². The Morgan fingerprint density at radius 3 is 2.79 bits per heavy atom. The number of hydrogen-bond donors (Lipinski definition) is 0. The van der Waals surface area contributed by atoms with Gasteiger partial charge in [-0.1, -0.05) is 13.8 Å². The van der Waals surface area contributed by atoms with Crippen molar-refractivity contribution in [2.24, 2.45) is 10.9 Å². The molecule has 0 saturated heterocycles. The molecule has 80 valence electrons. The molecule has 0 aromatic carbocycles. The normalized spacial score (nSPS) is 22.6. The Morgan fingerprint density at radius 1 is 1.64 bits per heavy atom. The van der Waals surface area contributed by atoms with Gasteiger partial charge >= 0.3 is 0 Å². The van der Waals surface area contributed by atoms with Crippen molar-refractivity contribution in [1.82, 2.24) is 4.90 Å². The molecule has 0 aromatic heterocycles. The van der Waals surface area contributed by atoms with E-state index in [0.717, 1.165) is 6.42 Å². The molecule has 1 atom stereocenters. The van der Waals surface area contributed by atoms with E-state index < -0.39 is 0 Å². The fourth-order valence-corrected chi connectivity index (χ4v) is 1.52. The molecule has 1 aliphatic heterocycles. The maximum atomic E-state index is 11.7. The van der Waals surface area contributed by atoms with E-state index in [-0.39, 0.29) is 11.9 Å². The third-order valence-corrected chi connectivity index (χ3v) is 2.26. The largest absolute Gasteiger partial charge is 0.483 e. The Kier molecular flexibility index (Phi) is 3.49. The summed E-state index contributed by atoms with van der Waals surface area (Å²) in [7, 11) is 3.37. The smallest absolute Gasteiger partial charge is 0.247 e. The lowest BCUT2D eigenvalue weighted by Gasteiger charge is -2.27. The summed E-state index contributed by atoms with van der Waals surface area (Å²) in [5.41, 5.74) is 0. The summed E-state index contributed by atoms with van der Waals surface area (Å²) in [5, 5.41) is 0. The Labute approximate surface area is 84.9 Å². The lowest BCUT2D eigenvalue weighted by Crippen LogP contribution is -2.44. The van der Waals surface area contributed by atoms with Gasteiger partial charge in [0, 0.05) is 7.05 Å². The predicted octanol–water partition coefficient (Wildman–Crippen LogP) is 0.918. The minimum atomic E-state index is -0.247. The fourth-order valence-electron chi connectivity index (χ4n) is 1.52. The topological polar surface area (TPSA) is 41.9 Å². The quantitative estimate of drug-likeness (QED) is 0.662. The predicted molar refractivity (Wildman–Crippen MR) is 55.3 cm³/mol. The van der Waals surface area contributed by atoms with Crippen LogP contribution in [0.4, 0.5) is 0 Å². The van der Waals surface area contributed by atoms with Gasteiger partial charge in [-0.3, -0.25) is 4.79 Å². The highest BCUT2D eigenvalue weighted by molar-refractivity contribution is 5.93. The number of hydrogen-bond acceptors (Lipinski definition) is 3. The first kappa shape index (κ1) is 11.0. The van der Waals surface area contributed by atoms with E-state index in [9.17, 15) is 4.79 Å². The molecule has 1 aliphatic rings. The molecule has 0 aromatic rings. The van der Waals surface area contributed by atoms with Crippen LogP contribution in [0.25, 0.3) is 0 Å². The van der Waals surface area contributed by atoms with Crippen molar-refractivity contribution in [2.45, 2.75) is 26.3 Å². The number of likely N-dealkylation sites (N-methyl/N-ethyl adjacent to an activating group) is 1.